The average molecular weight is 356 g/mol. The predicted molar refractivity (Wildman–Crippen MR) is 100 cm³/mol. The third-order valence-corrected chi connectivity index (χ3v) is 4.76. The van der Waals surface area contributed by atoms with Crippen molar-refractivity contribution in [2.24, 2.45) is 0 Å². The molecule has 0 fully saturated rings. The molecular weight excluding hydrogens is 332 g/mol. The molecule has 0 heterocycles. The Hall–Kier alpha value is -2.95. The van der Waals surface area contributed by atoms with E-state index < -0.39 is 0 Å². The normalized spacial score (nSPS) is 11.6. The van der Waals surface area contributed by atoms with Crippen molar-refractivity contribution in [1.82, 2.24) is 0 Å². The molecule has 2 aromatic carbocycles. The highest BCUT2D eigenvalue weighted by molar-refractivity contribution is 5.84. The number of aldehydes is 1. The van der Waals surface area contributed by atoms with Crippen molar-refractivity contribution in [3.63, 3.8) is 0 Å². The summed E-state index contributed by atoms with van der Waals surface area (Å²) in [5, 5.41) is 39.2. The monoisotopic (exact) mass is 356 g/mol. The Labute approximate surface area is 152 Å². The van der Waals surface area contributed by atoms with Crippen LogP contribution in [0.4, 0.5) is 0 Å². The summed E-state index contributed by atoms with van der Waals surface area (Å²) in [6.07, 6.45) is 4.33. The van der Waals surface area contributed by atoms with Gasteiger partial charge in [0.1, 0.15) is 11.5 Å². The molecule has 0 saturated carbocycles. The van der Waals surface area contributed by atoms with Crippen LogP contribution in [0.2, 0.25) is 0 Å². The van der Waals surface area contributed by atoms with E-state index in [1.54, 1.807) is 13.8 Å². The molecule has 138 valence electrons. The van der Waals surface area contributed by atoms with Crippen LogP contribution in [-0.2, 0) is 12.8 Å². The summed E-state index contributed by atoms with van der Waals surface area (Å²) in [4.78, 5) is 11.2. The van der Waals surface area contributed by atoms with Crippen molar-refractivity contribution in [2.45, 2.75) is 40.0 Å². The maximum atomic E-state index is 11.2. The number of carbonyl (C=O) groups excluding carboxylic acids is 1. The van der Waals surface area contributed by atoms with Crippen molar-refractivity contribution in [2.75, 3.05) is 0 Å². The molecule has 0 aliphatic carbocycles. The number of hydrogen-bond acceptors (Lipinski definition) is 5. The summed E-state index contributed by atoms with van der Waals surface area (Å²) in [6, 6.07) is 4.42. The zero-order chi connectivity index (χ0) is 19.4. The summed E-state index contributed by atoms with van der Waals surface area (Å²) in [6.45, 7) is 5.44. The van der Waals surface area contributed by atoms with Crippen LogP contribution >= 0.6 is 0 Å². The van der Waals surface area contributed by atoms with Gasteiger partial charge in [-0.3, -0.25) is 4.79 Å². The number of hydrogen-bond donors (Lipinski definition) is 4. The number of carbonyl (C=O) groups is 1. The van der Waals surface area contributed by atoms with Crippen LogP contribution in [0.25, 0.3) is 0 Å². The lowest BCUT2D eigenvalue weighted by atomic mass is 9.91. The topological polar surface area (TPSA) is 98.0 Å². The van der Waals surface area contributed by atoms with E-state index in [1.807, 2.05) is 13.0 Å². The second-order valence-corrected chi connectivity index (χ2v) is 6.52. The fourth-order valence-electron chi connectivity index (χ4n) is 3.03. The van der Waals surface area contributed by atoms with Gasteiger partial charge in [-0.05, 0) is 74.9 Å². The maximum Gasteiger partial charge on any atom is 0.168 e. The molecule has 0 aliphatic rings. The van der Waals surface area contributed by atoms with Gasteiger partial charge in [0.15, 0.2) is 17.8 Å². The summed E-state index contributed by atoms with van der Waals surface area (Å²) in [5.74, 6) is -0.377. The van der Waals surface area contributed by atoms with Gasteiger partial charge in [0.25, 0.3) is 0 Å². The van der Waals surface area contributed by atoms with E-state index in [2.05, 4.69) is 0 Å². The number of allylic oxidation sites excluding steroid dienone is 2. The molecule has 0 atom stereocenters. The van der Waals surface area contributed by atoms with E-state index >= 15 is 0 Å². The first-order valence-corrected chi connectivity index (χ1v) is 8.41. The first kappa shape index (κ1) is 19.4. The van der Waals surface area contributed by atoms with Gasteiger partial charge < -0.3 is 20.4 Å². The van der Waals surface area contributed by atoms with Gasteiger partial charge in [0.05, 0.1) is 5.56 Å². The van der Waals surface area contributed by atoms with Gasteiger partial charge in [-0.25, -0.2) is 0 Å². The van der Waals surface area contributed by atoms with Crippen molar-refractivity contribution >= 4 is 6.29 Å². The van der Waals surface area contributed by atoms with E-state index in [4.69, 9.17) is 0 Å². The van der Waals surface area contributed by atoms with Crippen LogP contribution in [0.1, 0.15) is 46.0 Å². The van der Waals surface area contributed by atoms with Crippen molar-refractivity contribution in [3.05, 3.63) is 57.7 Å². The van der Waals surface area contributed by atoms with Gasteiger partial charge in [-0.2, -0.15) is 0 Å². The molecule has 0 spiro atoms. The second kappa shape index (κ2) is 7.95. The quantitative estimate of drug-likeness (QED) is 0.271. The van der Waals surface area contributed by atoms with E-state index in [9.17, 15) is 25.2 Å². The summed E-state index contributed by atoms with van der Waals surface area (Å²) >= 11 is 0. The summed E-state index contributed by atoms with van der Waals surface area (Å²) in [7, 11) is 0. The maximum absolute atomic E-state index is 11.2. The lowest BCUT2D eigenvalue weighted by molar-refractivity contribution is 0.111. The SMILES string of the molecule is C/C(=C\Cc1cc(O)ccc1O)CCc1c(C)c(O)c(O)c(C=O)c1C. The third-order valence-electron chi connectivity index (χ3n) is 4.76. The van der Waals surface area contributed by atoms with E-state index in [-0.39, 0.29) is 28.6 Å². The molecule has 0 bridgehead atoms. The summed E-state index contributed by atoms with van der Waals surface area (Å²) in [5.41, 5.74) is 3.93. The van der Waals surface area contributed by atoms with Crippen LogP contribution in [0.5, 0.6) is 23.0 Å². The molecule has 0 aromatic heterocycles. The average Bonchev–Trinajstić information content (AvgIpc) is 2.61. The fraction of sp³-hybridized carbons (Fsp3) is 0.286. The molecule has 5 nitrogen and oxygen atoms in total. The molecule has 4 N–H and O–H groups in total. The predicted octanol–water partition coefficient (Wildman–Crippen LogP) is 4.06. The molecule has 2 rings (SSSR count). The number of aromatic hydroxyl groups is 4. The number of phenolic OH excluding ortho intramolecular Hbond substituents is 4. The zero-order valence-electron chi connectivity index (χ0n) is 15.2. The molecule has 0 radical (unpaired) electrons. The van der Waals surface area contributed by atoms with E-state index in [0.717, 1.165) is 11.1 Å². The van der Waals surface area contributed by atoms with Crippen LogP contribution in [0.3, 0.4) is 0 Å². The minimum atomic E-state index is -0.370. The minimum Gasteiger partial charge on any atom is -0.508 e. The molecule has 0 amide bonds. The Morgan fingerprint density at radius 1 is 1.04 bits per heavy atom. The lowest BCUT2D eigenvalue weighted by Gasteiger charge is -2.15. The van der Waals surface area contributed by atoms with Crippen molar-refractivity contribution < 1.29 is 25.2 Å². The molecule has 0 saturated heterocycles. The number of benzene rings is 2. The van der Waals surface area contributed by atoms with Gasteiger partial charge >= 0.3 is 0 Å². The summed E-state index contributed by atoms with van der Waals surface area (Å²) < 4.78 is 0. The Morgan fingerprint density at radius 3 is 2.38 bits per heavy atom. The van der Waals surface area contributed by atoms with E-state index in [1.165, 1.54) is 18.2 Å². The Bertz CT molecular complexity index is 865. The molecule has 5 heteroatoms. The van der Waals surface area contributed by atoms with Crippen molar-refractivity contribution in [3.8, 4) is 23.0 Å². The standard InChI is InChI=1S/C21H24O5/c1-12(4-6-15-10-16(23)7-9-19(15)24)5-8-17-13(2)18(11-22)21(26)20(25)14(17)3/h4,7,9-11,23-26H,5-6,8H2,1-3H3/b12-4+. The largest absolute Gasteiger partial charge is 0.508 e. The lowest BCUT2D eigenvalue weighted by Crippen LogP contribution is -2.01. The molecule has 0 aliphatic heterocycles. The third kappa shape index (κ3) is 3.99. The highest BCUT2D eigenvalue weighted by Gasteiger charge is 2.18. The Balaban J connectivity index is 2.17. The molecular formula is C21H24O5. The highest BCUT2D eigenvalue weighted by Crippen LogP contribution is 2.37. The van der Waals surface area contributed by atoms with Gasteiger partial charge in [0.2, 0.25) is 0 Å². The minimum absolute atomic E-state index is 0.107. The van der Waals surface area contributed by atoms with Crippen LogP contribution in [-0.4, -0.2) is 26.7 Å². The van der Waals surface area contributed by atoms with Crippen LogP contribution < -0.4 is 0 Å². The molecule has 2 aromatic rings. The fourth-order valence-corrected chi connectivity index (χ4v) is 3.03. The van der Waals surface area contributed by atoms with Gasteiger partial charge in [-0.1, -0.05) is 11.6 Å². The first-order chi connectivity index (χ1) is 12.3. The van der Waals surface area contributed by atoms with Gasteiger partial charge in [-0.15, -0.1) is 0 Å². The first-order valence-electron chi connectivity index (χ1n) is 8.41. The number of rotatable bonds is 6. The Kier molecular flexibility index (Phi) is 5.93. The number of phenols is 4. The molecule has 0 unspecified atom stereocenters. The highest BCUT2D eigenvalue weighted by atomic mass is 16.3. The second-order valence-electron chi connectivity index (χ2n) is 6.52. The Morgan fingerprint density at radius 2 is 1.73 bits per heavy atom. The van der Waals surface area contributed by atoms with Crippen LogP contribution in [0.15, 0.2) is 29.8 Å². The molecule has 26 heavy (non-hydrogen) atoms. The zero-order valence-corrected chi connectivity index (χ0v) is 15.2. The van der Waals surface area contributed by atoms with E-state index in [0.29, 0.717) is 42.2 Å². The van der Waals surface area contributed by atoms with Crippen molar-refractivity contribution in [1.29, 1.82) is 0 Å². The van der Waals surface area contributed by atoms with Gasteiger partial charge in [0, 0.05) is 5.56 Å². The smallest absolute Gasteiger partial charge is 0.168 e. The van der Waals surface area contributed by atoms with Crippen LogP contribution in [0, 0.1) is 13.8 Å².